The van der Waals surface area contributed by atoms with Crippen LogP contribution in [0.25, 0.3) is 75.9 Å². The molecule has 172 valence electrons. The molecule has 0 N–H and O–H groups in total. The highest BCUT2D eigenvalue weighted by atomic mass is 32.1. The first-order chi connectivity index (χ1) is 18.4. The molecular formula is C35H21NS. The Morgan fingerprint density at radius 2 is 1.05 bits per heavy atom. The zero-order valence-corrected chi connectivity index (χ0v) is 20.8. The second-order valence-corrected chi connectivity index (χ2v) is 10.6. The van der Waals surface area contributed by atoms with E-state index in [2.05, 4.69) is 115 Å². The van der Waals surface area contributed by atoms with E-state index in [4.69, 9.17) is 4.98 Å². The third kappa shape index (κ3) is 3.06. The van der Waals surface area contributed by atoms with Crippen molar-refractivity contribution in [2.75, 3.05) is 0 Å². The maximum absolute atomic E-state index is 4.86. The van der Waals surface area contributed by atoms with Gasteiger partial charge >= 0.3 is 0 Å². The highest BCUT2D eigenvalue weighted by Crippen LogP contribution is 2.48. The van der Waals surface area contributed by atoms with Crippen LogP contribution in [0, 0.1) is 0 Å². The first-order valence-electron chi connectivity index (χ1n) is 12.6. The molecule has 2 heteroatoms. The fourth-order valence-electron chi connectivity index (χ4n) is 5.86. The lowest BCUT2D eigenvalue weighted by Gasteiger charge is -2.23. The largest absolute Gasteiger partial charge is 0.256 e. The zero-order chi connectivity index (χ0) is 24.3. The molecule has 0 bridgehead atoms. The summed E-state index contributed by atoms with van der Waals surface area (Å²) >= 11 is 1.88. The van der Waals surface area contributed by atoms with Crippen molar-refractivity contribution in [2.24, 2.45) is 0 Å². The van der Waals surface area contributed by atoms with Crippen molar-refractivity contribution in [3.05, 3.63) is 128 Å². The monoisotopic (exact) mass is 487 g/mol. The summed E-state index contributed by atoms with van der Waals surface area (Å²) in [5, 5.41) is 2.66. The molecule has 2 heterocycles. The van der Waals surface area contributed by atoms with Crippen molar-refractivity contribution in [3.8, 4) is 55.8 Å². The number of aromatic nitrogens is 1. The Labute approximate surface area is 219 Å². The fourth-order valence-corrected chi connectivity index (χ4v) is 7.10. The topological polar surface area (TPSA) is 12.9 Å². The molecule has 2 aromatic heterocycles. The van der Waals surface area contributed by atoms with Gasteiger partial charge in [-0.05, 0) is 57.1 Å². The minimum absolute atomic E-state index is 1.04. The van der Waals surface area contributed by atoms with Crippen LogP contribution in [0.1, 0.15) is 0 Å². The molecule has 1 aliphatic carbocycles. The first kappa shape index (κ1) is 20.6. The summed E-state index contributed by atoms with van der Waals surface area (Å²) in [4.78, 5) is 4.86. The van der Waals surface area contributed by atoms with Gasteiger partial charge in [-0.2, -0.15) is 0 Å². The van der Waals surface area contributed by atoms with Gasteiger partial charge in [-0.25, -0.2) is 0 Å². The Balaban J connectivity index is 1.45. The number of fused-ring (bicyclic) bond motifs is 11. The lowest BCUT2D eigenvalue weighted by molar-refractivity contribution is 1.32. The normalized spacial score (nSPS) is 11.8. The second-order valence-electron chi connectivity index (χ2n) is 9.53. The Bertz CT molecular complexity index is 1990. The van der Waals surface area contributed by atoms with Crippen molar-refractivity contribution < 1.29 is 0 Å². The Kier molecular flexibility index (Phi) is 4.46. The maximum atomic E-state index is 4.86. The molecule has 1 nitrogen and oxygen atoms in total. The van der Waals surface area contributed by atoms with E-state index in [1.807, 2.05) is 23.6 Å². The quantitative estimate of drug-likeness (QED) is 0.224. The average molecular weight is 488 g/mol. The molecule has 0 atom stereocenters. The summed E-state index contributed by atoms with van der Waals surface area (Å²) in [6.07, 6.45) is 1.90. The van der Waals surface area contributed by atoms with Gasteiger partial charge in [0.25, 0.3) is 0 Å². The van der Waals surface area contributed by atoms with Gasteiger partial charge in [0, 0.05) is 37.5 Å². The summed E-state index contributed by atoms with van der Waals surface area (Å²) in [5.74, 6) is 0. The van der Waals surface area contributed by atoms with Gasteiger partial charge in [-0.1, -0.05) is 103 Å². The van der Waals surface area contributed by atoms with Crippen LogP contribution in [-0.4, -0.2) is 4.98 Å². The van der Waals surface area contributed by atoms with Gasteiger partial charge in [-0.3, -0.25) is 4.98 Å². The summed E-state index contributed by atoms with van der Waals surface area (Å²) in [7, 11) is 0. The van der Waals surface area contributed by atoms with Gasteiger partial charge in [0.05, 0.1) is 5.69 Å². The lowest BCUT2D eigenvalue weighted by atomic mass is 9.82. The molecule has 0 unspecified atom stereocenters. The van der Waals surface area contributed by atoms with Crippen LogP contribution < -0.4 is 0 Å². The second kappa shape index (κ2) is 7.99. The Morgan fingerprint density at radius 3 is 1.92 bits per heavy atom. The van der Waals surface area contributed by atoms with Crippen LogP contribution >= 0.6 is 11.3 Å². The van der Waals surface area contributed by atoms with E-state index in [1.54, 1.807) is 0 Å². The molecule has 1 aliphatic rings. The van der Waals surface area contributed by atoms with Gasteiger partial charge in [0.2, 0.25) is 0 Å². The van der Waals surface area contributed by atoms with Gasteiger partial charge in [-0.15, -0.1) is 11.3 Å². The maximum Gasteiger partial charge on any atom is 0.0786 e. The number of nitrogens with zero attached hydrogens (tertiary/aromatic N) is 1. The van der Waals surface area contributed by atoms with Gasteiger partial charge in [0.1, 0.15) is 0 Å². The number of rotatable bonds is 1. The van der Waals surface area contributed by atoms with Crippen molar-refractivity contribution in [2.45, 2.75) is 0 Å². The minimum atomic E-state index is 1.04. The first-order valence-corrected chi connectivity index (χ1v) is 13.4. The predicted molar refractivity (Wildman–Crippen MR) is 158 cm³/mol. The molecule has 0 amide bonds. The van der Waals surface area contributed by atoms with Crippen molar-refractivity contribution >= 4 is 31.5 Å². The zero-order valence-electron chi connectivity index (χ0n) is 20.0. The number of hydrogen-bond donors (Lipinski definition) is 0. The number of pyridine rings is 1. The van der Waals surface area contributed by atoms with Crippen LogP contribution in [0.5, 0.6) is 0 Å². The highest BCUT2D eigenvalue weighted by Gasteiger charge is 2.23. The minimum Gasteiger partial charge on any atom is -0.256 e. The van der Waals surface area contributed by atoms with Crippen LogP contribution in [0.2, 0.25) is 0 Å². The molecule has 5 aromatic carbocycles. The Morgan fingerprint density at radius 1 is 0.432 bits per heavy atom. The van der Waals surface area contributed by atoms with E-state index < -0.39 is 0 Å². The van der Waals surface area contributed by atoms with Crippen molar-refractivity contribution in [3.63, 3.8) is 0 Å². The fraction of sp³-hybridized carbons (Fsp3) is 0. The number of hydrogen-bond acceptors (Lipinski definition) is 2. The van der Waals surface area contributed by atoms with Crippen LogP contribution in [0.15, 0.2) is 128 Å². The highest BCUT2D eigenvalue weighted by molar-refractivity contribution is 7.26. The third-order valence-corrected chi connectivity index (χ3v) is 8.74. The molecule has 0 fully saturated rings. The summed E-state index contributed by atoms with van der Waals surface area (Å²) < 4.78 is 2.68. The van der Waals surface area contributed by atoms with E-state index >= 15 is 0 Å². The molecule has 0 aliphatic heterocycles. The van der Waals surface area contributed by atoms with Gasteiger partial charge in [0.15, 0.2) is 0 Å². The van der Waals surface area contributed by atoms with E-state index in [0.29, 0.717) is 0 Å². The molecule has 8 rings (SSSR count). The summed E-state index contributed by atoms with van der Waals surface area (Å²) in [6.45, 7) is 0. The molecular weight excluding hydrogens is 466 g/mol. The van der Waals surface area contributed by atoms with E-state index in [-0.39, 0.29) is 0 Å². The summed E-state index contributed by atoms with van der Waals surface area (Å²) in [5.41, 5.74) is 12.1. The standard InChI is InChI=1S/C35H21NS/c1-2-11-26-24(9-1)30-16-8-20-36-34(30)29-13-4-3-10-25(29)27-19-18-22(21-32(26)27)23-14-7-15-31-28-12-5-6-17-33(28)37-35(23)31/h1-21H. The molecule has 0 saturated heterocycles. The Hall–Kier alpha value is -4.53. The van der Waals surface area contributed by atoms with Crippen LogP contribution in [0.3, 0.4) is 0 Å². The molecule has 37 heavy (non-hydrogen) atoms. The number of thiophene rings is 1. The smallest absolute Gasteiger partial charge is 0.0786 e. The van der Waals surface area contributed by atoms with Crippen LogP contribution in [0.4, 0.5) is 0 Å². The van der Waals surface area contributed by atoms with E-state index in [1.165, 1.54) is 70.2 Å². The molecule has 0 saturated carbocycles. The van der Waals surface area contributed by atoms with E-state index in [9.17, 15) is 0 Å². The molecule has 0 spiro atoms. The summed E-state index contributed by atoms with van der Waals surface area (Å²) in [6, 6.07) is 44.1. The number of benzene rings is 5. The predicted octanol–water partition coefficient (Wildman–Crippen LogP) is 10.1. The van der Waals surface area contributed by atoms with Crippen LogP contribution in [-0.2, 0) is 0 Å². The third-order valence-electron chi connectivity index (χ3n) is 7.52. The average Bonchev–Trinajstić information content (AvgIpc) is 3.35. The van der Waals surface area contributed by atoms with E-state index in [0.717, 1.165) is 5.69 Å². The molecule has 7 aromatic rings. The SMILES string of the molecule is c1ccc2c(c1)-c1cc(-c3cccc4c3sc3ccccc34)ccc1-c1ccccc1-c1ncccc1-2. The van der Waals surface area contributed by atoms with Gasteiger partial charge < -0.3 is 0 Å². The van der Waals surface area contributed by atoms with Crippen molar-refractivity contribution in [1.29, 1.82) is 0 Å². The lowest BCUT2D eigenvalue weighted by Crippen LogP contribution is -1.98. The molecule has 0 radical (unpaired) electrons. The van der Waals surface area contributed by atoms with Crippen molar-refractivity contribution in [1.82, 2.24) is 4.98 Å².